The first-order valence-electron chi connectivity index (χ1n) is 5.92. The fraction of sp³-hybridized carbons (Fsp3) is 0.154. The third kappa shape index (κ3) is 3.00. The molecule has 0 radical (unpaired) electrons. The van der Waals surface area contributed by atoms with Gasteiger partial charge in [0, 0.05) is 16.7 Å². The van der Waals surface area contributed by atoms with Crippen molar-refractivity contribution in [3.8, 4) is 16.3 Å². The summed E-state index contributed by atoms with van der Waals surface area (Å²) in [4.78, 5) is 8.71. The Bertz CT molecular complexity index is 681. The predicted octanol–water partition coefficient (Wildman–Crippen LogP) is 3.23. The molecule has 0 spiro atoms. The predicted molar refractivity (Wildman–Crippen MR) is 80.0 cm³/mol. The van der Waals surface area contributed by atoms with E-state index >= 15 is 0 Å². The summed E-state index contributed by atoms with van der Waals surface area (Å²) in [6.07, 6.45) is 1.51. The van der Waals surface area contributed by atoms with Crippen LogP contribution in [0.15, 0.2) is 41.1 Å². The minimum Gasteiger partial charge on any atom is -0.497 e. The molecule has 0 bridgehead atoms. The van der Waals surface area contributed by atoms with Gasteiger partial charge in [-0.15, -0.1) is 11.3 Å². The zero-order chi connectivity index (χ0) is 13.8. The molecule has 0 unspecified atom stereocenters. The molecular weight excluding hydrogens is 292 g/mol. The Labute approximate surface area is 124 Å². The minimum atomic E-state index is 0.773. The molecule has 1 N–H and O–H groups in total. The number of ether oxygens (including phenoxy) is 1. The summed E-state index contributed by atoms with van der Waals surface area (Å²) in [5.41, 5.74) is 2.11. The summed E-state index contributed by atoms with van der Waals surface area (Å²) in [5, 5.41) is 10.5. The minimum absolute atomic E-state index is 0.773. The third-order valence-corrected chi connectivity index (χ3v) is 4.47. The lowest BCUT2D eigenvalue weighted by molar-refractivity contribution is 0.415. The second-order valence-electron chi connectivity index (χ2n) is 3.96. The van der Waals surface area contributed by atoms with Crippen LogP contribution in [0.2, 0.25) is 0 Å². The van der Waals surface area contributed by atoms with Crippen LogP contribution in [0.3, 0.4) is 0 Å². The van der Waals surface area contributed by atoms with Crippen molar-refractivity contribution in [3.05, 3.63) is 41.7 Å². The topological polar surface area (TPSA) is 63.7 Å². The van der Waals surface area contributed by atoms with Crippen molar-refractivity contribution >= 4 is 23.1 Å². The monoisotopic (exact) mass is 304 g/mol. The molecule has 0 saturated carbocycles. The van der Waals surface area contributed by atoms with Gasteiger partial charge >= 0.3 is 0 Å². The van der Waals surface area contributed by atoms with Gasteiger partial charge in [0.2, 0.25) is 0 Å². The number of aromatic nitrogens is 4. The maximum atomic E-state index is 5.23. The standard InChI is InChI=1S/C13H12N4OS2/c1-18-11-4-2-3-9(5-11)12-16-10(6-19-12)7-20-13-14-8-15-17-13/h2-6,8H,7H2,1H3,(H,14,15,17). The van der Waals surface area contributed by atoms with Gasteiger partial charge in [0.1, 0.15) is 17.1 Å². The lowest BCUT2D eigenvalue weighted by Gasteiger charge is -2.01. The fourth-order valence-electron chi connectivity index (χ4n) is 1.67. The molecule has 3 rings (SSSR count). The molecule has 2 aromatic heterocycles. The van der Waals surface area contributed by atoms with Crippen molar-refractivity contribution in [1.82, 2.24) is 20.2 Å². The highest BCUT2D eigenvalue weighted by Gasteiger charge is 2.07. The van der Waals surface area contributed by atoms with E-state index in [0.717, 1.165) is 32.9 Å². The van der Waals surface area contributed by atoms with Crippen molar-refractivity contribution in [2.75, 3.05) is 7.11 Å². The van der Waals surface area contributed by atoms with Crippen LogP contribution in [0.1, 0.15) is 5.69 Å². The Hall–Kier alpha value is -1.86. The van der Waals surface area contributed by atoms with Crippen LogP contribution in [0, 0.1) is 0 Å². The first-order chi connectivity index (χ1) is 9.85. The molecule has 0 aliphatic rings. The second kappa shape index (κ2) is 6.06. The van der Waals surface area contributed by atoms with Gasteiger partial charge in [-0.2, -0.15) is 5.10 Å². The van der Waals surface area contributed by atoms with Gasteiger partial charge in [0.15, 0.2) is 5.16 Å². The van der Waals surface area contributed by atoms with Crippen LogP contribution in [-0.2, 0) is 5.75 Å². The number of hydrogen-bond donors (Lipinski definition) is 1. The maximum Gasteiger partial charge on any atom is 0.183 e. The molecule has 0 aliphatic heterocycles. The summed E-state index contributed by atoms with van der Waals surface area (Å²) in [6, 6.07) is 7.93. The zero-order valence-corrected chi connectivity index (χ0v) is 12.4. The number of thioether (sulfide) groups is 1. The van der Waals surface area contributed by atoms with Gasteiger partial charge in [-0.05, 0) is 12.1 Å². The molecule has 1 aromatic carbocycles. The molecule has 2 heterocycles. The normalized spacial score (nSPS) is 10.7. The highest BCUT2D eigenvalue weighted by Crippen LogP contribution is 2.28. The second-order valence-corrected chi connectivity index (χ2v) is 5.78. The summed E-state index contributed by atoms with van der Waals surface area (Å²) in [5.74, 6) is 1.62. The number of H-pyrrole nitrogens is 1. The molecule has 3 aromatic rings. The Morgan fingerprint density at radius 1 is 1.40 bits per heavy atom. The Morgan fingerprint density at radius 3 is 3.15 bits per heavy atom. The summed E-state index contributed by atoms with van der Waals surface area (Å²) in [7, 11) is 1.67. The Kier molecular flexibility index (Phi) is 3.98. The molecule has 7 heteroatoms. The molecule has 102 valence electrons. The van der Waals surface area contributed by atoms with E-state index < -0.39 is 0 Å². The van der Waals surface area contributed by atoms with Gasteiger partial charge in [-0.3, -0.25) is 5.10 Å². The molecule has 20 heavy (non-hydrogen) atoms. The van der Waals surface area contributed by atoms with Crippen molar-refractivity contribution in [3.63, 3.8) is 0 Å². The fourth-order valence-corrected chi connectivity index (χ4v) is 3.26. The van der Waals surface area contributed by atoms with Gasteiger partial charge in [0.25, 0.3) is 0 Å². The number of methoxy groups -OCH3 is 1. The number of benzene rings is 1. The van der Waals surface area contributed by atoms with Crippen molar-refractivity contribution in [2.24, 2.45) is 0 Å². The van der Waals surface area contributed by atoms with E-state index in [1.165, 1.54) is 6.33 Å². The van der Waals surface area contributed by atoms with E-state index in [1.807, 2.05) is 24.3 Å². The lowest BCUT2D eigenvalue weighted by Crippen LogP contribution is -1.85. The highest BCUT2D eigenvalue weighted by molar-refractivity contribution is 7.98. The van der Waals surface area contributed by atoms with Gasteiger partial charge < -0.3 is 4.74 Å². The van der Waals surface area contributed by atoms with Gasteiger partial charge in [0.05, 0.1) is 12.8 Å². The van der Waals surface area contributed by atoms with Crippen molar-refractivity contribution in [1.29, 1.82) is 0 Å². The third-order valence-electron chi connectivity index (χ3n) is 2.62. The van der Waals surface area contributed by atoms with E-state index in [-0.39, 0.29) is 0 Å². The molecule has 0 atom stereocenters. The molecule has 0 saturated heterocycles. The first kappa shape index (κ1) is 13.1. The average molecular weight is 304 g/mol. The molecule has 0 amide bonds. The van der Waals surface area contributed by atoms with Crippen LogP contribution in [-0.4, -0.2) is 27.3 Å². The average Bonchev–Trinajstić information content (AvgIpc) is 3.16. The zero-order valence-electron chi connectivity index (χ0n) is 10.7. The summed E-state index contributed by atoms with van der Waals surface area (Å²) >= 11 is 3.22. The van der Waals surface area contributed by atoms with Crippen LogP contribution < -0.4 is 4.74 Å². The van der Waals surface area contributed by atoms with Crippen LogP contribution in [0.5, 0.6) is 5.75 Å². The van der Waals surface area contributed by atoms with Crippen molar-refractivity contribution in [2.45, 2.75) is 10.9 Å². The maximum absolute atomic E-state index is 5.23. The molecule has 0 aliphatic carbocycles. The lowest BCUT2D eigenvalue weighted by atomic mass is 10.2. The number of thiazole rings is 1. The number of aromatic amines is 1. The number of hydrogen-bond acceptors (Lipinski definition) is 6. The van der Waals surface area contributed by atoms with Crippen LogP contribution in [0.25, 0.3) is 10.6 Å². The van der Waals surface area contributed by atoms with Crippen LogP contribution >= 0.6 is 23.1 Å². The van der Waals surface area contributed by atoms with E-state index in [4.69, 9.17) is 4.74 Å². The smallest absolute Gasteiger partial charge is 0.183 e. The van der Waals surface area contributed by atoms with E-state index in [9.17, 15) is 0 Å². The van der Waals surface area contributed by atoms with E-state index in [1.54, 1.807) is 30.2 Å². The molecular formula is C13H12N4OS2. The van der Waals surface area contributed by atoms with E-state index in [2.05, 4.69) is 25.5 Å². The number of nitrogens with zero attached hydrogens (tertiary/aromatic N) is 3. The number of nitrogens with one attached hydrogen (secondary N) is 1. The quantitative estimate of drug-likeness (QED) is 0.733. The number of rotatable bonds is 5. The molecule has 0 fully saturated rings. The highest BCUT2D eigenvalue weighted by atomic mass is 32.2. The first-order valence-corrected chi connectivity index (χ1v) is 7.78. The van der Waals surface area contributed by atoms with Crippen molar-refractivity contribution < 1.29 is 4.74 Å². The Morgan fingerprint density at radius 2 is 2.35 bits per heavy atom. The van der Waals surface area contributed by atoms with Gasteiger partial charge in [-0.1, -0.05) is 23.9 Å². The van der Waals surface area contributed by atoms with Crippen LogP contribution in [0.4, 0.5) is 0 Å². The Balaban J connectivity index is 1.72. The summed E-state index contributed by atoms with van der Waals surface area (Å²) < 4.78 is 5.23. The van der Waals surface area contributed by atoms with Gasteiger partial charge in [-0.25, -0.2) is 9.97 Å². The summed E-state index contributed by atoms with van der Waals surface area (Å²) in [6.45, 7) is 0. The SMILES string of the molecule is COc1cccc(-c2nc(CSc3ncn[nH]3)cs2)c1. The molecule has 5 nitrogen and oxygen atoms in total. The largest absolute Gasteiger partial charge is 0.497 e. The van der Waals surface area contributed by atoms with E-state index in [0.29, 0.717) is 0 Å².